The first-order valence-electron chi connectivity index (χ1n) is 14.0. The summed E-state index contributed by atoms with van der Waals surface area (Å²) in [5.74, 6) is -0.533. The number of anilines is 3. The van der Waals surface area contributed by atoms with Crippen LogP contribution in [0.15, 0.2) is 147 Å². The van der Waals surface area contributed by atoms with Crippen molar-refractivity contribution < 1.29 is 9.59 Å². The monoisotopic (exact) mass is 560 g/mol. The molecule has 2 amide bonds. The van der Waals surface area contributed by atoms with Gasteiger partial charge in [0.05, 0.1) is 17.1 Å². The number of imide groups is 1. The van der Waals surface area contributed by atoms with Crippen LogP contribution in [0.5, 0.6) is 0 Å². The van der Waals surface area contributed by atoms with Crippen LogP contribution >= 0.6 is 10.0 Å². The number of nitrogens with zero attached hydrogens (tertiary/aromatic N) is 2. The molecule has 9 rings (SSSR count). The molecule has 0 N–H and O–H groups in total. The smallest absolute Gasteiger partial charge is 0.261 e. The third kappa shape index (κ3) is 2.69. The van der Waals surface area contributed by atoms with Crippen LogP contribution in [0.3, 0.4) is 0 Å². The second-order valence-corrected chi connectivity index (χ2v) is 13.9. The molecule has 3 aliphatic rings. The largest absolute Gasteiger partial charge is 0.308 e. The standard InChI is InChI=1S/C37H24N2O2S/c1-38-36(40)26-14-10-13-25-28(22-21-27(35(25)26)37(38)41)39-29-15-4-8-19-33(29)42(34-20-9-5-16-30(34)39)31-17-6-2-11-23(31)24-12-3-7-18-32(24)42/h2-22H,1H3. The van der Waals surface area contributed by atoms with E-state index in [1.54, 1.807) is 7.05 Å². The number of amides is 2. The van der Waals surface area contributed by atoms with Gasteiger partial charge in [0.15, 0.2) is 0 Å². The number of carbonyl (C=O) groups is 2. The van der Waals surface area contributed by atoms with Gasteiger partial charge in [-0.25, -0.2) is 0 Å². The third-order valence-corrected chi connectivity index (χ3v) is 13.0. The Labute approximate surface area is 244 Å². The SMILES string of the molecule is CN1C(=O)c2cccc3c(N4c5ccccc5S5(c6ccccc6-c6ccccc65)c5ccccc54)ccc(c23)C1=O. The highest BCUT2D eigenvalue weighted by Gasteiger charge is 2.48. The number of rotatable bonds is 1. The molecular weight excluding hydrogens is 536 g/mol. The van der Waals surface area contributed by atoms with Crippen molar-refractivity contribution in [2.45, 2.75) is 19.6 Å². The fourth-order valence-electron chi connectivity index (χ4n) is 7.21. The highest BCUT2D eigenvalue weighted by Crippen LogP contribution is 2.84. The maximum Gasteiger partial charge on any atom is 0.261 e. The summed E-state index contributed by atoms with van der Waals surface area (Å²) in [4.78, 5) is 35.2. The van der Waals surface area contributed by atoms with Crippen LogP contribution in [-0.4, -0.2) is 23.8 Å². The van der Waals surface area contributed by atoms with Crippen LogP contribution in [0.1, 0.15) is 20.7 Å². The molecule has 6 aromatic rings. The van der Waals surface area contributed by atoms with E-state index >= 15 is 0 Å². The van der Waals surface area contributed by atoms with Crippen molar-refractivity contribution in [1.82, 2.24) is 4.90 Å². The molecule has 0 saturated heterocycles. The van der Waals surface area contributed by atoms with E-state index in [0.717, 1.165) is 27.8 Å². The molecule has 0 unspecified atom stereocenters. The van der Waals surface area contributed by atoms with Gasteiger partial charge in [-0.15, -0.1) is 10.0 Å². The summed E-state index contributed by atoms with van der Waals surface area (Å²) < 4.78 is 0. The topological polar surface area (TPSA) is 40.6 Å². The first-order valence-corrected chi connectivity index (χ1v) is 15.6. The fourth-order valence-corrected chi connectivity index (χ4v) is 11.7. The molecule has 0 atom stereocenters. The number of para-hydroxylation sites is 2. The number of hydrogen-bond acceptors (Lipinski definition) is 3. The van der Waals surface area contributed by atoms with E-state index in [4.69, 9.17) is 0 Å². The fraction of sp³-hybridized carbons (Fsp3) is 0.0270. The molecule has 0 aliphatic carbocycles. The van der Waals surface area contributed by atoms with E-state index in [-0.39, 0.29) is 11.8 Å². The molecule has 0 fully saturated rings. The molecule has 3 aliphatic heterocycles. The Morgan fingerprint density at radius 3 is 1.52 bits per heavy atom. The van der Waals surface area contributed by atoms with E-state index in [0.29, 0.717) is 11.1 Å². The van der Waals surface area contributed by atoms with Crippen molar-refractivity contribution in [2.24, 2.45) is 0 Å². The van der Waals surface area contributed by atoms with E-state index in [9.17, 15) is 9.59 Å². The molecule has 6 aromatic carbocycles. The van der Waals surface area contributed by atoms with Crippen LogP contribution in [0.4, 0.5) is 17.1 Å². The van der Waals surface area contributed by atoms with Crippen LogP contribution in [0.25, 0.3) is 21.9 Å². The third-order valence-electron chi connectivity index (χ3n) is 8.92. The van der Waals surface area contributed by atoms with Crippen LogP contribution < -0.4 is 4.90 Å². The summed E-state index contributed by atoms with van der Waals surface area (Å²) in [6.45, 7) is 0. The molecule has 0 saturated carbocycles. The Morgan fingerprint density at radius 1 is 0.452 bits per heavy atom. The van der Waals surface area contributed by atoms with Crippen molar-refractivity contribution in [1.29, 1.82) is 0 Å². The first-order chi connectivity index (χ1) is 20.6. The Balaban J connectivity index is 1.41. The zero-order valence-corrected chi connectivity index (χ0v) is 23.6. The Kier molecular flexibility index (Phi) is 4.61. The molecule has 5 heteroatoms. The van der Waals surface area contributed by atoms with Crippen molar-refractivity contribution in [2.75, 3.05) is 11.9 Å². The minimum absolute atomic E-state index is 0.266. The van der Waals surface area contributed by atoms with E-state index in [2.05, 4.69) is 102 Å². The normalized spacial score (nSPS) is 16.2. The summed E-state index contributed by atoms with van der Waals surface area (Å²) in [6.07, 6.45) is 0. The van der Waals surface area contributed by atoms with Gasteiger partial charge >= 0.3 is 0 Å². The Hall–Kier alpha value is -5.13. The molecule has 1 spiro atoms. The molecule has 0 radical (unpaired) electrons. The van der Waals surface area contributed by atoms with Crippen molar-refractivity contribution >= 4 is 49.7 Å². The lowest BCUT2D eigenvalue weighted by atomic mass is 9.92. The summed E-state index contributed by atoms with van der Waals surface area (Å²) in [7, 11) is -0.232. The average molecular weight is 561 g/mol. The first kappa shape index (κ1) is 23.6. The Bertz CT molecular complexity index is 2070. The molecular formula is C37H24N2O2S. The number of carbonyl (C=O) groups excluding carboxylic acids is 2. The number of hydrogen-bond donors (Lipinski definition) is 0. The summed E-state index contributed by atoms with van der Waals surface area (Å²) in [6, 6.07) is 44.9. The lowest BCUT2D eigenvalue weighted by Gasteiger charge is -2.48. The molecule has 42 heavy (non-hydrogen) atoms. The van der Waals surface area contributed by atoms with Crippen molar-refractivity contribution in [3.05, 3.63) is 139 Å². The van der Waals surface area contributed by atoms with Gasteiger partial charge in [-0.05, 0) is 65.7 Å². The quantitative estimate of drug-likeness (QED) is 0.188. The van der Waals surface area contributed by atoms with Gasteiger partial charge < -0.3 is 4.90 Å². The van der Waals surface area contributed by atoms with Crippen LogP contribution in [0.2, 0.25) is 0 Å². The zero-order chi connectivity index (χ0) is 28.2. The van der Waals surface area contributed by atoms with E-state index < -0.39 is 10.0 Å². The minimum atomic E-state index is -1.79. The maximum absolute atomic E-state index is 13.2. The van der Waals surface area contributed by atoms with Gasteiger partial charge in [-0.2, -0.15) is 0 Å². The van der Waals surface area contributed by atoms with Crippen LogP contribution in [-0.2, 0) is 0 Å². The predicted molar refractivity (Wildman–Crippen MR) is 168 cm³/mol. The van der Waals surface area contributed by atoms with Gasteiger partial charge in [0.25, 0.3) is 11.8 Å². The summed E-state index contributed by atoms with van der Waals surface area (Å²) in [5, 5.41) is 1.62. The maximum atomic E-state index is 13.2. The predicted octanol–water partition coefficient (Wildman–Crippen LogP) is 9.17. The van der Waals surface area contributed by atoms with Gasteiger partial charge in [-0.3, -0.25) is 14.5 Å². The Morgan fingerprint density at radius 2 is 0.929 bits per heavy atom. The lowest BCUT2D eigenvalue weighted by Crippen LogP contribution is -2.37. The summed E-state index contributed by atoms with van der Waals surface area (Å²) in [5.41, 5.74) is 6.90. The average Bonchev–Trinajstić information content (AvgIpc) is 3.34. The molecule has 3 heterocycles. The lowest BCUT2D eigenvalue weighted by molar-refractivity contribution is 0.0650. The van der Waals surface area contributed by atoms with Crippen LogP contribution in [0, 0.1) is 0 Å². The van der Waals surface area contributed by atoms with Gasteiger partial charge in [0, 0.05) is 48.5 Å². The second kappa shape index (κ2) is 8.21. The molecule has 0 aromatic heterocycles. The molecule has 0 bridgehead atoms. The van der Waals surface area contributed by atoms with E-state index in [1.165, 1.54) is 35.6 Å². The van der Waals surface area contributed by atoms with Crippen molar-refractivity contribution in [3.8, 4) is 11.1 Å². The zero-order valence-electron chi connectivity index (χ0n) is 22.7. The second-order valence-electron chi connectivity index (χ2n) is 10.9. The highest BCUT2D eigenvalue weighted by atomic mass is 32.3. The minimum Gasteiger partial charge on any atom is -0.308 e. The van der Waals surface area contributed by atoms with Gasteiger partial charge in [0.1, 0.15) is 0 Å². The number of fused-ring (bicyclic) bond motifs is 9. The molecule has 200 valence electrons. The van der Waals surface area contributed by atoms with Crippen molar-refractivity contribution in [3.63, 3.8) is 0 Å². The van der Waals surface area contributed by atoms with Gasteiger partial charge in [0.2, 0.25) is 0 Å². The number of benzene rings is 6. The van der Waals surface area contributed by atoms with Gasteiger partial charge in [-0.1, -0.05) is 72.8 Å². The molecule has 4 nitrogen and oxygen atoms in total. The highest BCUT2D eigenvalue weighted by molar-refractivity contribution is 8.34. The van der Waals surface area contributed by atoms with E-state index in [1.807, 2.05) is 30.3 Å². The summed E-state index contributed by atoms with van der Waals surface area (Å²) >= 11 is 0.